The van der Waals surface area contributed by atoms with Crippen LogP contribution in [0, 0.1) is 6.92 Å². The van der Waals surface area contributed by atoms with E-state index in [0.29, 0.717) is 11.6 Å². The SMILES string of the molecule is Cc1cccc(CS(=O)(=O)Nc2cnc(N3CCCCC3)nc2)c1. The zero-order valence-electron chi connectivity index (χ0n) is 13.8. The molecule has 0 atom stereocenters. The van der Waals surface area contributed by atoms with Gasteiger partial charge in [-0.3, -0.25) is 4.72 Å². The van der Waals surface area contributed by atoms with Crippen molar-refractivity contribution in [2.45, 2.75) is 31.9 Å². The van der Waals surface area contributed by atoms with Crippen molar-refractivity contribution in [3.8, 4) is 0 Å². The molecule has 0 bridgehead atoms. The predicted octanol–water partition coefficient (Wildman–Crippen LogP) is 2.72. The number of hydrogen-bond acceptors (Lipinski definition) is 5. The second-order valence-electron chi connectivity index (χ2n) is 6.17. The van der Waals surface area contributed by atoms with Crippen LogP contribution in [0.5, 0.6) is 0 Å². The molecule has 1 N–H and O–H groups in total. The highest BCUT2D eigenvalue weighted by molar-refractivity contribution is 7.91. The number of anilines is 2. The molecule has 0 saturated carbocycles. The van der Waals surface area contributed by atoms with Gasteiger partial charge in [0.05, 0.1) is 23.8 Å². The molecule has 1 saturated heterocycles. The number of rotatable bonds is 5. The smallest absolute Gasteiger partial charge is 0.237 e. The molecule has 1 aliphatic heterocycles. The zero-order chi connectivity index (χ0) is 17.0. The normalized spacial score (nSPS) is 15.3. The van der Waals surface area contributed by atoms with E-state index in [0.717, 1.165) is 37.1 Å². The molecule has 1 aliphatic rings. The quantitative estimate of drug-likeness (QED) is 0.901. The van der Waals surface area contributed by atoms with Gasteiger partial charge in [0.25, 0.3) is 0 Å². The summed E-state index contributed by atoms with van der Waals surface area (Å²) < 4.78 is 27.1. The Hall–Kier alpha value is -2.15. The summed E-state index contributed by atoms with van der Waals surface area (Å²) in [6.07, 6.45) is 6.60. The lowest BCUT2D eigenvalue weighted by Gasteiger charge is -2.26. The monoisotopic (exact) mass is 346 g/mol. The van der Waals surface area contributed by atoms with Gasteiger partial charge >= 0.3 is 0 Å². The Bertz CT molecular complexity index is 784. The fourth-order valence-corrected chi connectivity index (χ4v) is 4.02. The molecule has 0 unspecified atom stereocenters. The Balaban J connectivity index is 1.66. The molecule has 0 aliphatic carbocycles. The minimum absolute atomic E-state index is 0.0669. The van der Waals surface area contributed by atoms with Gasteiger partial charge in [0.15, 0.2) is 0 Å². The van der Waals surface area contributed by atoms with Crippen molar-refractivity contribution >= 4 is 21.7 Å². The van der Waals surface area contributed by atoms with Crippen LogP contribution < -0.4 is 9.62 Å². The lowest BCUT2D eigenvalue weighted by molar-refractivity contribution is 0.568. The minimum atomic E-state index is -3.49. The maximum atomic E-state index is 12.3. The second-order valence-corrected chi connectivity index (χ2v) is 7.89. The molecule has 24 heavy (non-hydrogen) atoms. The van der Waals surface area contributed by atoms with Gasteiger partial charge in [-0.15, -0.1) is 0 Å². The molecule has 1 aromatic carbocycles. The molecular formula is C17H22N4O2S. The first-order chi connectivity index (χ1) is 11.5. The van der Waals surface area contributed by atoms with Crippen LogP contribution in [0.3, 0.4) is 0 Å². The van der Waals surface area contributed by atoms with E-state index < -0.39 is 10.0 Å². The van der Waals surface area contributed by atoms with Gasteiger partial charge in [0.2, 0.25) is 16.0 Å². The van der Waals surface area contributed by atoms with E-state index in [-0.39, 0.29) is 5.75 Å². The summed E-state index contributed by atoms with van der Waals surface area (Å²) in [5.41, 5.74) is 2.19. The van der Waals surface area contributed by atoms with E-state index in [9.17, 15) is 8.42 Å². The maximum absolute atomic E-state index is 12.3. The van der Waals surface area contributed by atoms with E-state index in [4.69, 9.17) is 0 Å². The third-order valence-electron chi connectivity index (χ3n) is 3.99. The fraction of sp³-hybridized carbons (Fsp3) is 0.412. The summed E-state index contributed by atoms with van der Waals surface area (Å²) >= 11 is 0. The summed E-state index contributed by atoms with van der Waals surface area (Å²) in [6, 6.07) is 7.48. The first-order valence-electron chi connectivity index (χ1n) is 8.15. The van der Waals surface area contributed by atoms with Gasteiger partial charge in [-0.25, -0.2) is 18.4 Å². The van der Waals surface area contributed by atoms with Gasteiger partial charge in [-0.1, -0.05) is 29.8 Å². The van der Waals surface area contributed by atoms with Crippen LogP contribution in [0.2, 0.25) is 0 Å². The minimum Gasteiger partial charge on any atom is -0.341 e. The summed E-state index contributed by atoms with van der Waals surface area (Å²) in [7, 11) is -3.49. The molecule has 0 amide bonds. The standard InChI is InChI=1S/C17H22N4O2S/c1-14-6-5-7-15(10-14)13-24(22,23)20-16-11-18-17(19-12-16)21-8-3-2-4-9-21/h5-7,10-12,20H,2-4,8-9,13H2,1H3. The number of aryl methyl sites for hydroxylation is 1. The van der Waals surface area contributed by atoms with E-state index in [1.165, 1.54) is 18.8 Å². The summed E-state index contributed by atoms with van der Waals surface area (Å²) in [6.45, 7) is 3.85. The number of piperidine rings is 1. The van der Waals surface area contributed by atoms with Crippen molar-refractivity contribution in [3.63, 3.8) is 0 Å². The Morgan fingerprint density at radius 1 is 1.12 bits per heavy atom. The maximum Gasteiger partial charge on any atom is 0.237 e. The topological polar surface area (TPSA) is 75.2 Å². The van der Waals surface area contributed by atoms with Crippen LogP contribution in [-0.2, 0) is 15.8 Å². The van der Waals surface area contributed by atoms with Crippen molar-refractivity contribution in [2.24, 2.45) is 0 Å². The number of sulfonamides is 1. The lowest BCUT2D eigenvalue weighted by atomic mass is 10.1. The Labute approximate surface area is 143 Å². The van der Waals surface area contributed by atoms with Crippen molar-refractivity contribution in [3.05, 3.63) is 47.8 Å². The summed E-state index contributed by atoms with van der Waals surface area (Å²) in [5, 5.41) is 0. The van der Waals surface area contributed by atoms with E-state index in [1.807, 2.05) is 31.2 Å². The van der Waals surface area contributed by atoms with Crippen LogP contribution in [0.25, 0.3) is 0 Å². The van der Waals surface area contributed by atoms with Crippen LogP contribution in [0.4, 0.5) is 11.6 Å². The average Bonchev–Trinajstić information content (AvgIpc) is 2.55. The second kappa shape index (κ2) is 7.17. The van der Waals surface area contributed by atoms with Gasteiger partial charge in [0.1, 0.15) is 0 Å². The summed E-state index contributed by atoms with van der Waals surface area (Å²) in [5.74, 6) is 0.596. The first kappa shape index (κ1) is 16.7. The average molecular weight is 346 g/mol. The van der Waals surface area contributed by atoms with Gasteiger partial charge in [-0.2, -0.15) is 0 Å². The van der Waals surface area contributed by atoms with E-state index >= 15 is 0 Å². The Morgan fingerprint density at radius 2 is 1.83 bits per heavy atom. The largest absolute Gasteiger partial charge is 0.341 e. The van der Waals surface area contributed by atoms with Crippen LogP contribution in [-0.4, -0.2) is 31.5 Å². The molecule has 6 nitrogen and oxygen atoms in total. The molecule has 2 aromatic rings. The van der Waals surface area contributed by atoms with E-state index in [1.54, 1.807) is 0 Å². The van der Waals surface area contributed by atoms with Gasteiger partial charge in [0, 0.05) is 13.1 Å². The lowest BCUT2D eigenvalue weighted by Crippen LogP contribution is -2.30. The molecular weight excluding hydrogens is 324 g/mol. The predicted molar refractivity (Wildman–Crippen MR) is 95.5 cm³/mol. The molecule has 2 heterocycles. The van der Waals surface area contributed by atoms with Crippen molar-refractivity contribution in [1.29, 1.82) is 0 Å². The number of nitrogens with zero attached hydrogens (tertiary/aromatic N) is 3. The number of benzene rings is 1. The van der Waals surface area contributed by atoms with Crippen molar-refractivity contribution in [1.82, 2.24) is 9.97 Å². The molecule has 7 heteroatoms. The van der Waals surface area contributed by atoms with Gasteiger partial charge in [-0.05, 0) is 31.7 Å². The third kappa shape index (κ3) is 4.44. The van der Waals surface area contributed by atoms with E-state index in [2.05, 4.69) is 19.6 Å². The van der Waals surface area contributed by atoms with Crippen molar-refractivity contribution in [2.75, 3.05) is 22.7 Å². The van der Waals surface area contributed by atoms with Gasteiger partial charge < -0.3 is 4.90 Å². The molecule has 0 spiro atoms. The number of nitrogens with one attached hydrogen (secondary N) is 1. The fourth-order valence-electron chi connectivity index (χ4n) is 2.87. The Morgan fingerprint density at radius 3 is 2.50 bits per heavy atom. The summed E-state index contributed by atoms with van der Waals surface area (Å²) in [4.78, 5) is 10.7. The van der Waals surface area contributed by atoms with Crippen LogP contribution in [0.15, 0.2) is 36.7 Å². The highest BCUT2D eigenvalue weighted by atomic mass is 32.2. The molecule has 1 fully saturated rings. The number of hydrogen-bond donors (Lipinski definition) is 1. The molecule has 1 aromatic heterocycles. The highest BCUT2D eigenvalue weighted by Gasteiger charge is 2.15. The molecule has 128 valence electrons. The highest BCUT2D eigenvalue weighted by Crippen LogP contribution is 2.17. The number of aromatic nitrogens is 2. The van der Waals surface area contributed by atoms with Crippen LogP contribution in [0.1, 0.15) is 30.4 Å². The molecule has 0 radical (unpaired) electrons. The third-order valence-corrected chi connectivity index (χ3v) is 5.25. The zero-order valence-corrected chi connectivity index (χ0v) is 14.6. The Kier molecular flexibility index (Phi) is 4.99. The first-order valence-corrected chi connectivity index (χ1v) is 9.80. The van der Waals surface area contributed by atoms with Crippen LogP contribution >= 0.6 is 0 Å². The van der Waals surface area contributed by atoms with Crippen molar-refractivity contribution < 1.29 is 8.42 Å². The molecule has 3 rings (SSSR count).